The smallest absolute Gasteiger partial charge is 0.216 e. The summed E-state index contributed by atoms with van der Waals surface area (Å²) in [6, 6.07) is 3.72. The number of hydrogen-bond donors (Lipinski definition) is 1. The minimum Gasteiger partial charge on any atom is -0.356 e. The Kier molecular flexibility index (Phi) is 4.11. The molecule has 0 fully saturated rings. The maximum atomic E-state index is 11.2. The molecule has 0 spiro atoms. The number of rotatable bonds is 5. The molecule has 1 N–H and O–H groups in total. The Labute approximate surface area is 115 Å². The summed E-state index contributed by atoms with van der Waals surface area (Å²) in [5, 5.41) is 3.69. The molecule has 0 saturated carbocycles. The van der Waals surface area contributed by atoms with Crippen LogP contribution in [-0.4, -0.2) is 27.8 Å². The van der Waals surface area contributed by atoms with Gasteiger partial charge in [0.15, 0.2) is 5.78 Å². The summed E-state index contributed by atoms with van der Waals surface area (Å²) in [6.07, 6.45) is 4.33. The number of Topliss-reactive ketones (excluding diaryl/α,β-unsaturated/α-hetero) is 1. The third-order valence-electron chi connectivity index (χ3n) is 2.58. The van der Waals surface area contributed by atoms with E-state index in [2.05, 4.69) is 10.3 Å². The van der Waals surface area contributed by atoms with Crippen molar-refractivity contribution < 1.29 is 9.59 Å². The van der Waals surface area contributed by atoms with Gasteiger partial charge in [-0.2, -0.15) is 0 Å². The lowest BCUT2D eigenvalue weighted by Crippen LogP contribution is -2.22. The highest BCUT2D eigenvalue weighted by atomic mass is 32.1. The van der Waals surface area contributed by atoms with Crippen molar-refractivity contribution in [2.45, 2.75) is 20.3 Å². The van der Waals surface area contributed by atoms with Gasteiger partial charge in [0, 0.05) is 26.1 Å². The highest BCUT2D eigenvalue weighted by Crippen LogP contribution is 2.21. The zero-order chi connectivity index (χ0) is 13.8. The first-order chi connectivity index (χ1) is 9.06. The SMILES string of the molecule is CC(=O)NCCc1cn(-c2ccc(C(C)=O)s2)cn1. The van der Waals surface area contributed by atoms with E-state index >= 15 is 0 Å². The molecule has 0 radical (unpaired) electrons. The number of amides is 1. The van der Waals surface area contributed by atoms with Crippen molar-refractivity contribution in [2.75, 3.05) is 6.54 Å². The van der Waals surface area contributed by atoms with Crippen molar-refractivity contribution >= 4 is 23.0 Å². The van der Waals surface area contributed by atoms with Crippen LogP contribution in [0.4, 0.5) is 0 Å². The van der Waals surface area contributed by atoms with E-state index in [1.807, 2.05) is 22.9 Å². The van der Waals surface area contributed by atoms with E-state index in [-0.39, 0.29) is 11.7 Å². The molecule has 0 aliphatic rings. The van der Waals surface area contributed by atoms with Gasteiger partial charge in [-0.05, 0) is 19.1 Å². The van der Waals surface area contributed by atoms with Crippen LogP contribution in [0.25, 0.3) is 5.00 Å². The minimum atomic E-state index is -0.0382. The topological polar surface area (TPSA) is 64.0 Å². The monoisotopic (exact) mass is 277 g/mol. The summed E-state index contributed by atoms with van der Waals surface area (Å²) < 4.78 is 1.89. The summed E-state index contributed by atoms with van der Waals surface area (Å²) in [4.78, 5) is 27.0. The number of thiophene rings is 1. The van der Waals surface area contributed by atoms with E-state index in [9.17, 15) is 9.59 Å². The van der Waals surface area contributed by atoms with Crippen molar-refractivity contribution in [3.63, 3.8) is 0 Å². The average molecular weight is 277 g/mol. The number of ketones is 1. The minimum absolute atomic E-state index is 0.0382. The summed E-state index contributed by atoms with van der Waals surface area (Å²) in [5.41, 5.74) is 0.909. The third kappa shape index (κ3) is 3.51. The molecule has 2 rings (SSSR count). The molecule has 0 unspecified atom stereocenters. The van der Waals surface area contributed by atoms with Gasteiger partial charge in [-0.15, -0.1) is 11.3 Å². The van der Waals surface area contributed by atoms with Crippen LogP contribution in [0.3, 0.4) is 0 Å². The number of imidazole rings is 1. The van der Waals surface area contributed by atoms with E-state index < -0.39 is 0 Å². The van der Waals surface area contributed by atoms with Crippen LogP contribution in [0.1, 0.15) is 29.2 Å². The fourth-order valence-electron chi connectivity index (χ4n) is 1.64. The summed E-state index contributed by atoms with van der Waals surface area (Å²) in [7, 11) is 0. The number of aromatic nitrogens is 2. The van der Waals surface area contributed by atoms with Crippen LogP contribution in [0.2, 0.25) is 0 Å². The Bertz CT molecular complexity index is 601. The molecule has 2 aromatic heterocycles. The van der Waals surface area contributed by atoms with Crippen LogP contribution in [0, 0.1) is 0 Å². The van der Waals surface area contributed by atoms with Gasteiger partial charge in [-0.1, -0.05) is 0 Å². The molecule has 6 heteroatoms. The molecule has 1 amide bonds. The Morgan fingerprint density at radius 2 is 2.16 bits per heavy atom. The normalized spacial score (nSPS) is 10.4. The van der Waals surface area contributed by atoms with Crippen LogP contribution in [0.15, 0.2) is 24.7 Å². The molecule has 0 aromatic carbocycles. The van der Waals surface area contributed by atoms with Gasteiger partial charge in [-0.3, -0.25) is 14.2 Å². The highest BCUT2D eigenvalue weighted by molar-refractivity contribution is 7.16. The first-order valence-corrected chi connectivity index (χ1v) is 6.76. The Hall–Kier alpha value is -1.95. The molecule has 0 saturated heterocycles. The summed E-state index contributed by atoms with van der Waals surface area (Å²) in [6.45, 7) is 3.63. The maximum Gasteiger partial charge on any atom is 0.216 e. The van der Waals surface area contributed by atoms with E-state index in [4.69, 9.17) is 0 Å². The van der Waals surface area contributed by atoms with Gasteiger partial charge in [-0.25, -0.2) is 4.98 Å². The first kappa shape index (κ1) is 13.5. The lowest BCUT2D eigenvalue weighted by Gasteiger charge is -1.98. The fourth-order valence-corrected chi connectivity index (χ4v) is 2.48. The van der Waals surface area contributed by atoms with E-state index in [1.54, 1.807) is 13.3 Å². The fraction of sp³-hybridized carbons (Fsp3) is 0.308. The Morgan fingerprint density at radius 3 is 2.79 bits per heavy atom. The van der Waals surface area contributed by atoms with Gasteiger partial charge in [0.05, 0.1) is 10.6 Å². The van der Waals surface area contributed by atoms with Crippen LogP contribution in [0.5, 0.6) is 0 Å². The molecule has 100 valence electrons. The number of hydrogen-bond acceptors (Lipinski definition) is 4. The maximum absolute atomic E-state index is 11.2. The molecule has 0 aliphatic heterocycles. The predicted molar refractivity (Wildman–Crippen MR) is 73.8 cm³/mol. The van der Waals surface area contributed by atoms with Gasteiger partial charge >= 0.3 is 0 Å². The standard InChI is InChI=1S/C13H15N3O2S/c1-9(17)12-3-4-13(19-12)16-7-11(15-8-16)5-6-14-10(2)18/h3-4,7-8H,5-6H2,1-2H3,(H,14,18). The average Bonchev–Trinajstić information content (AvgIpc) is 2.95. The summed E-state index contributed by atoms with van der Waals surface area (Å²) >= 11 is 1.44. The largest absolute Gasteiger partial charge is 0.356 e. The van der Waals surface area contributed by atoms with Crippen molar-refractivity contribution in [2.24, 2.45) is 0 Å². The van der Waals surface area contributed by atoms with Crippen molar-refractivity contribution in [3.05, 3.63) is 35.2 Å². The van der Waals surface area contributed by atoms with Crippen LogP contribution < -0.4 is 5.32 Å². The second kappa shape index (κ2) is 5.79. The molecule has 5 nitrogen and oxygen atoms in total. The predicted octanol–water partition coefficient (Wildman–Crippen LogP) is 1.82. The molecule has 0 atom stereocenters. The number of nitrogens with zero attached hydrogens (tertiary/aromatic N) is 2. The highest BCUT2D eigenvalue weighted by Gasteiger charge is 2.07. The van der Waals surface area contributed by atoms with Gasteiger partial charge in [0.2, 0.25) is 5.91 Å². The van der Waals surface area contributed by atoms with Crippen LogP contribution >= 0.6 is 11.3 Å². The molecule has 19 heavy (non-hydrogen) atoms. The van der Waals surface area contributed by atoms with Crippen LogP contribution in [-0.2, 0) is 11.2 Å². The van der Waals surface area contributed by atoms with Gasteiger partial charge in [0.25, 0.3) is 0 Å². The molecule has 0 bridgehead atoms. The molecule has 2 heterocycles. The molecule has 2 aromatic rings. The molecule has 0 aliphatic carbocycles. The lowest BCUT2D eigenvalue weighted by atomic mass is 10.3. The van der Waals surface area contributed by atoms with E-state index in [1.165, 1.54) is 18.3 Å². The zero-order valence-electron chi connectivity index (χ0n) is 10.8. The number of carbonyl (C=O) groups is 2. The van der Waals surface area contributed by atoms with E-state index in [0.717, 1.165) is 15.6 Å². The second-order valence-corrected chi connectivity index (χ2v) is 5.26. The molecular formula is C13H15N3O2S. The number of carbonyl (C=O) groups excluding carboxylic acids is 2. The second-order valence-electron chi connectivity index (χ2n) is 4.20. The Balaban J connectivity index is 2.03. The van der Waals surface area contributed by atoms with Crippen molar-refractivity contribution in [1.82, 2.24) is 14.9 Å². The van der Waals surface area contributed by atoms with Gasteiger partial charge in [0.1, 0.15) is 11.3 Å². The molecular weight excluding hydrogens is 262 g/mol. The lowest BCUT2D eigenvalue weighted by molar-refractivity contribution is -0.118. The number of nitrogens with one attached hydrogen (secondary N) is 1. The quantitative estimate of drug-likeness (QED) is 0.848. The van der Waals surface area contributed by atoms with E-state index in [0.29, 0.717) is 13.0 Å². The van der Waals surface area contributed by atoms with Crippen molar-refractivity contribution in [1.29, 1.82) is 0 Å². The zero-order valence-corrected chi connectivity index (χ0v) is 11.7. The third-order valence-corrected chi connectivity index (χ3v) is 3.78. The Morgan fingerprint density at radius 1 is 1.37 bits per heavy atom. The summed E-state index contributed by atoms with van der Waals surface area (Å²) in [5.74, 6) is 0.0334. The first-order valence-electron chi connectivity index (χ1n) is 5.94. The van der Waals surface area contributed by atoms with Gasteiger partial charge < -0.3 is 5.32 Å². The van der Waals surface area contributed by atoms with Crippen molar-refractivity contribution in [3.8, 4) is 5.00 Å².